The van der Waals surface area contributed by atoms with Crippen molar-refractivity contribution in [3.63, 3.8) is 0 Å². The average Bonchev–Trinajstić information content (AvgIpc) is 2.53. The monoisotopic (exact) mass is 305 g/mol. The Morgan fingerprint density at radius 3 is 2.32 bits per heavy atom. The zero-order chi connectivity index (χ0) is 16.2. The molecule has 0 bridgehead atoms. The third-order valence-electron chi connectivity index (χ3n) is 4.34. The van der Waals surface area contributed by atoms with Gasteiger partial charge in [-0.15, -0.1) is 0 Å². The molecule has 0 atom stereocenters. The number of hydrogen-bond acceptors (Lipinski definition) is 3. The summed E-state index contributed by atoms with van der Waals surface area (Å²) < 4.78 is 5.19. The number of nitrogens with zero attached hydrogens (tertiary/aromatic N) is 2. The molecule has 1 aromatic carbocycles. The lowest BCUT2D eigenvalue weighted by Crippen LogP contribution is -2.52. The predicted molar refractivity (Wildman–Crippen MR) is 88.5 cm³/mol. The Balaban J connectivity index is 1.89. The quantitative estimate of drug-likeness (QED) is 0.924. The highest BCUT2D eigenvalue weighted by molar-refractivity contribution is 5.74. The van der Waals surface area contributed by atoms with E-state index in [0.29, 0.717) is 6.54 Å². The van der Waals surface area contributed by atoms with Crippen LogP contribution in [0.2, 0.25) is 0 Å². The van der Waals surface area contributed by atoms with Crippen LogP contribution in [0.25, 0.3) is 0 Å². The normalized spacial score (nSPS) is 16.5. The predicted octanol–water partition coefficient (Wildman–Crippen LogP) is 1.93. The molecule has 5 heteroatoms. The van der Waals surface area contributed by atoms with Gasteiger partial charge in [0.1, 0.15) is 5.75 Å². The van der Waals surface area contributed by atoms with Crippen LogP contribution in [0.4, 0.5) is 4.79 Å². The molecule has 1 aliphatic heterocycles. The molecule has 0 aliphatic carbocycles. The van der Waals surface area contributed by atoms with Crippen LogP contribution in [0.15, 0.2) is 24.3 Å². The first-order chi connectivity index (χ1) is 10.4. The SMILES string of the molecule is COc1ccc(C(C)(C)CNC(=O)N2CCN(C)CC2)cc1. The van der Waals surface area contributed by atoms with E-state index < -0.39 is 0 Å². The largest absolute Gasteiger partial charge is 0.497 e. The molecule has 5 nitrogen and oxygen atoms in total. The maximum atomic E-state index is 12.3. The Bertz CT molecular complexity index is 491. The number of methoxy groups -OCH3 is 1. The van der Waals surface area contributed by atoms with Gasteiger partial charge in [-0.25, -0.2) is 4.79 Å². The van der Waals surface area contributed by atoms with Crippen LogP contribution in [-0.2, 0) is 5.41 Å². The standard InChI is InChI=1S/C17H27N3O2/c1-17(2,14-5-7-15(22-4)8-6-14)13-18-16(21)20-11-9-19(3)10-12-20/h5-8H,9-13H2,1-4H3,(H,18,21). The summed E-state index contributed by atoms with van der Waals surface area (Å²) in [5.41, 5.74) is 1.07. The van der Waals surface area contributed by atoms with E-state index >= 15 is 0 Å². The number of amides is 2. The first kappa shape index (κ1) is 16.6. The molecule has 1 N–H and O–H groups in total. The minimum Gasteiger partial charge on any atom is -0.497 e. The first-order valence-corrected chi connectivity index (χ1v) is 7.78. The van der Waals surface area contributed by atoms with E-state index in [1.54, 1.807) is 7.11 Å². The Morgan fingerprint density at radius 2 is 1.77 bits per heavy atom. The second-order valence-electron chi connectivity index (χ2n) is 6.56. The lowest BCUT2D eigenvalue weighted by Gasteiger charge is -2.34. The summed E-state index contributed by atoms with van der Waals surface area (Å²) in [6.45, 7) is 8.36. The van der Waals surface area contributed by atoms with Crippen LogP contribution in [0.5, 0.6) is 5.75 Å². The van der Waals surface area contributed by atoms with Gasteiger partial charge < -0.3 is 19.9 Å². The van der Waals surface area contributed by atoms with Gasteiger partial charge >= 0.3 is 6.03 Å². The molecular weight excluding hydrogens is 278 g/mol. The fourth-order valence-corrected chi connectivity index (χ4v) is 2.56. The van der Waals surface area contributed by atoms with Crippen molar-refractivity contribution >= 4 is 6.03 Å². The van der Waals surface area contributed by atoms with Crippen molar-refractivity contribution in [1.82, 2.24) is 15.1 Å². The summed E-state index contributed by atoms with van der Waals surface area (Å²) in [6.07, 6.45) is 0. The van der Waals surface area contributed by atoms with Crippen molar-refractivity contribution in [2.45, 2.75) is 19.3 Å². The van der Waals surface area contributed by atoms with Gasteiger partial charge in [-0.3, -0.25) is 0 Å². The lowest BCUT2D eigenvalue weighted by atomic mass is 9.84. The van der Waals surface area contributed by atoms with E-state index in [1.165, 1.54) is 5.56 Å². The number of carbonyl (C=O) groups excluding carboxylic acids is 1. The summed E-state index contributed by atoms with van der Waals surface area (Å²) in [5.74, 6) is 0.848. The summed E-state index contributed by atoms with van der Waals surface area (Å²) in [7, 11) is 3.75. The van der Waals surface area contributed by atoms with E-state index in [0.717, 1.165) is 31.9 Å². The van der Waals surface area contributed by atoms with Crippen molar-refractivity contribution in [1.29, 1.82) is 0 Å². The molecule has 0 unspecified atom stereocenters. The smallest absolute Gasteiger partial charge is 0.317 e. The van der Waals surface area contributed by atoms with Gasteiger partial charge in [0.2, 0.25) is 0 Å². The summed E-state index contributed by atoms with van der Waals surface area (Å²) in [4.78, 5) is 16.4. The van der Waals surface area contributed by atoms with E-state index in [4.69, 9.17) is 4.74 Å². The Labute approximate surface area is 133 Å². The first-order valence-electron chi connectivity index (χ1n) is 7.78. The molecule has 2 rings (SSSR count). The zero-order valence-electron chi connectivity index (χ0n) is 14.1. The number of piperazine rings is 1. The number of likely N-dealkylation sites (N-methyl/N-ethyl adjacent to an activating group) is 1. The maximum absolute atomic E-state index is 12.3. The molecule has 2 amide bonds. The highest BCUT2D eigenvalue weighted by Gasteiger charge is 2.24. The number of rotatable bonds is 4. The van der Waals surface area contributed by atoms with Crippen LogP contribution >= 0.6 is 0 Å². The fraction of sp³-hybridized carbons (Fsp3) is 0.588. The van der Waals surface area contributed by atoms with E-state index in [-0.39, 0.29) is 11.4 Å². The van der Waals surface area contributed by atoms with Gasteiger partial charge in [0.15, 0.2) is 0 Å². The van der Waals surface area contributed by atoms with Gasteiger partial charge in [-0.05, 0) is 24.7 Å². The second-order valence-corrected chi connectivity index (χ2v) is 6.56. The number of hydrogen-bond donors (Lipinski definition) is 1. The number of ether oxygens (including phenoxy) is 1. The van der Waals surface area contributed by atoms with E-state index in [1.807, 2.05) is 17.0 Å². The van der Waals surface area contributed by atoms with Crippen LogP contribution in [0, 0.1) is 0 Å². The number of nitrogens with one attached hydrogen (secondary N) is 1. The Morgan fingerprint density at radius 1 is 1.18 bits per heavy atom. The molecule has 1 aromatic rings. The highest BCUT2D eigenvalue weighted by Crippen LogP contribution is 2.24. The van der Waals surface area contributed by atoms with Crippen molar-refractivity contribution in [3.8, 4) is 5.75 Å². The molecule has 122 valence electrons. The molecule has 1 saturated heterocycles. The Hall–Kier alpha value is -1.75. The highest BCUT2D eigenvalue weighted by atomic mass is 16.5. The lowest BCUT2D eigenvalue weighted by molar-refractivity contribution is 0.153. The average molecular weight is 305 g/mol. The molecule has 1 aliphatic rings. The third kappa shape index (κ3) is 4.13. The molecule has 1 heterocycles. The summed E-state index contributed by atoms with van der Waals surface area (Å²) in [6, 6.07) is 8.06. The third-order valence-corrected chi connectivity index (χ3v) is 4.34. The maximum Gasteiger partial charge on any atom is 0.317 e. The minimum absolute atomic E-state index is 0.0367. The topological polar surface area (TPSA) is 44.8 Å². The van der Waals surface area contributed by atoms with Gasteiger partial charge in [0, 0.05) is 38.1 Å². The number of carbonyl (C=O) groups is 1. The molecule has 0 saturated carbocycles. The van der Waals surface area contributed by atoms with E-state index in [9.17, 15) is 4.79 Å². The van der Waals surface area contributed by atoms with Crippen LogP contribution < -0.4 is 10.1 Å². The molecule has 1 fully saturated rings. The Kier molecular flexibility index (Phi) is 5.29. The molecule has 0 spiro atoms. The molecular formula is C17H27N3O2. The summed E-state index contributed by atoms with van der Waals surface area (Å²) >= 11 is 0. The number of benzene rings is 1. The van der Waals surface area contributed by atoms with Gasteiger partial charge in [-0.2, -0.15) is 0 Å². The van der Waals surface area contributed by atoms with Gasteiger partial charge in [-0.1, -0.05) is 26.0 Å². The van der Waals surface area contributed by atoms with Gasteiger partial charge in [0.25, 0.3) is 0 Å². The van der Waals surface area contributed by atoms with Crippen molar-refractivity contribution in [2.24, 2.45) is 0 Å². The fourth-order valence-electron chi connectivity index (χ4n) is 2.56. The second kappa shape index (κ2) is 7.01. The van der Waals surface area contributed by atoms with Crippen molar-refractivity contribution < 1.29 is 9.53 Å². The molecule has 0 radical (unpaired) electrons. The molecule has 22 heavy (non-hydrogen) atoms. The van der Waals surface area contributed by atoms with Crippen LogP contribution in [0.3, 0.4) is 0 Å². The van der Waals surface area contributed by atoms with Gasteiger partial charge in [0.05, 0.1) is 7.11 Å². The minimum atomic E-state index is -0.117. The van der Waals surface area contributed by atoms with Crippen LogP contribution in [-0.4, -0.2) is 62.7 Å². The summed E-state index contributed by atoms with van der Waals surface area (Å²) in [5, 5.41) is 3.07. The van der Waals surface area contributed by atoms with E-state index in [2.05, 4.69) is 43.2 Å². The zero-order valence-corrected chi connectivity index (χ0v) is 14.1. The van der Waals surface area contributed by atoms with Crippen molar-refractivity contribution in [2.75, 3.05) is 46.9 Å². The molecule has 0 aromatic heterocycles. The van der Waals surface area contributed by atoms with Crippen molar-refractivity contribution in [3.05, 3.63) is 29.8 Å². The number of urea groups is 1. The van der Waals surface area contributed by atoms with Crippen LogP contribution in [0.1, 0.15) is 19.4 Å².